The van der Waals surface area contributed by atoms with Crippen LogP contribution < -0.4 is 41.2 Å². The van der Waals surface area contributed by atoms with Crippen molar-refractivity contribution in [3.05, 3.63) is 83.9 Å². The number of fused-ring (bicyclic) bond motifs is 2. The molecule has 8 amide bonds. The van der Waals surface area contributed by atoms with E-state index >= 15 is 0 Å². The molecule has 4 heterocycles. The minimum Gasteiger partial charge on any atom is -0.504 e. The van der Waals surface area contributed by atoms with Gasteiger partial charge in [0.2, 0.25) is 41.4 Å². The average Bonchev–Trinajstić information content (AvgIpc) is 1.56. The molecule has 0 spiro atoms. The molecule has 98 heavy (non-hydrogen) atoms. The molecule has 540 valence electrons. The van der Waals surface area contributed by atoms with Gasteiger partial charge in [-0.1, -0.05) is 57.0 Å². The number of primary amides is 1. The zero-order valence-corrected chi connectivity index (χ0v) is 56.2. The Hall–Kier alpha value is -8.42. The van der Waals surface area contributed by atoms with Crippen LogP contribution in [0, 0.1) is 5.92 Å². The number of aliphatic hydroxyl groups excluding tert-OH is 8. The summed E-state index contributed by atoms with van der Waals surface area (Å²) in [6, 6.07) is 4.90. The Balaban J connectivity index is 0.00000157. The summed E-state index contributed by atoms with van der Waals surface area (Å²) in [7, 11) is -5.35. The van der Waals surface area contributed by atoms with E-state index in [-0.39, 0.29) is 5.56 Å². The second-order valence-electron chi connectivity index (χ2n) is 24.9. The van der Waals surface area contributed by atoms with Crippen molar-refractivity contribution in [3.8, 4) is 39.8 Å². The first-order chi connectivity index (χ1) is 46.0. The molecule has 0 radical (unpaired) electrons. The van der Waals surface area contributed by atoms with Gasteiger partial charge in [0.15, 0.2) is 23.5 Å². The molecule has 3 saturated heterocycles. The molecule has 0 unspecified atom stereocenters. The van der Waals surface area contributed by atoms with E-state index in [1.54, 1.807) is 30.3 Å². The Kier molecular flexibility index (Phi) is 28.0. The van der Waals surface area contributed by atoms with Gasteiger partial charge in [-0.2, -0.15) is 8.42 Å². The third kappa shape index (κ3) is 20.6. The van der Waals surface area contributed by atoms with E-state index in [4.69, 9.17) is 15.0 Å². The van der Waals surface area contributed by atoms with E-state index in [1.165, 1.54) is 31.2 Å². The average molecular weight is 1400 g/mol. The minimum atomic E-state index is -5.35. The van der Waals surface area contributed by atoms with E-state index in [0.717, 1.165) is 38.8 Å². The lowest BCUT2D eigenvalue weighted by atomic mass is 9.96. The molecule has 3 fully saturated rings. The first kappa shape index (κ1) is 78.6. The number of phenolic OH excluding ortho intramolecular Hbond substituents is 1. The summed E-state index contributed by atoms with van der Waals surface area (Å²) in [4.78, 5) is 117. The van der Waals surface area contributed by atoms with Gasteiger partial charge in [0.25, 0.3) is 5.91 Å². The zero-order valence-electron chi connectivity index (χ0n) is 55.4. The molecule has 3 aliphatic heterocycles. The van der Waals surface area contributed by atoms with Crippen molar-refractivity contribution in [1.82, 2.24) is 46.4 Å². The standard InChI is InChI=1S/C56H71N9O23S.C8H19N/c1-4-5-6-17-86-32-14-11-28(12-15-32)39-21-33(63-87-39)27-7-9-29(10-8-27)49(75)58-34-20-38(70)52(78)62-54(80)45-46(72)25(2)23-65(45)56(82)43(37(69)22-41(57)71)60-53(79)44(48(74)47(73)30-13-16-36(68)40(18-30)88-89(83,84)85)61-51(77)35-19-31(67)24-64(35)55(81)42(26(3)66)59-50(34)76;1-6-9(7(2)3)8(4)5/h7-16,18,21,25-26,31,34-35,37-38,42-48,52,66-70,72-74,78H,4-6,17,19-20,22-24H2,1-3H3,(H2,57,71)(H,58,75)(H,59,76)(H,60,79)(H,61,77)(H,62,80)(H,83,84,85);7-8H,6H2,1-5H3/t25-,26+,31+,34-,35-,37+,38+,42-,43-,44-,45-,46-,47-,48-,52+;/m0./s1. The second kappa shape index (κ2) is 34.9. The van der Waals surface area contributed by atoms with Crippen LogP contribution in [-0.4, -0.2) is 243 Å². The monoisotopic (exact) mass is 1400 g/mol. The topological polar surface area (TPSA) is 513 Å². The molecule has 0 bridgehead atoms. The number of phenols is 1. The lowest BCUT2D eigenvalue weighted by molar-refractivity contribution is -0.149. The number of nitrogens with two attached hydrogens (primary N) is 1. The molecule has 34 heteroatoms. The number of aromatic nitrogens is 1. The number of hydrogen-bond acceptors (Lipinski definition) is 24. The van der Waals surface area contributed by atoms with Gasteiger partial charge in [-0.05, 0) is 102 Å². The van der Waals surface area contributed by atoms with Crippen molar-refractivity contribution in [2.24, 2.45) is 11.7 Å². The van der Waals surface area contributed by atoms with Crippen molar-refractivity contribution in [3.63, 3.8) is 0 Å². The molecular weight excluding hydrogens is 1310 g/mol. The van der Waals surface area contributed by atoms with Crippen LogP contribution >= 0.6 is 0 Å². The summed E-state index contributed by atoms with van der Waals surface area (Å²) in [5, 5.41) is 116. The van der Waals surface area contributed by atoms with Gasteiger partial charge >= 0.3 is 10.4 Å². The number of nitrogens with zero attached hydrogens (tertiary/aromatic N) is 4. The third-order valence-corrected chi connectivity index (χ3v) is 17.3. The number of unbranched alkanes of at least 4 members (excludes halogenated alkanes) is 2. The van der Waals surface area contributed by atoms with Gasteiger partial charge < -0.3 is 102 Å². The first-order valence-corrected chi connectivity index (χ1v) is 33.3. The van der Waals surface area contributed by atoms with Crippen LogP contribution in [0.15, 0.2) is 77.3 Å². The normalized spacial score (nSPS) is 25.1. The van der Waals surface area contributed by atoms with E-state index in [1.807, 2.05) is 10.6 Å². The Labute approximate surface area is 565 Å². The molecule has 33 nitrogen and oxygen atoms in total. The molecule has 7 rings (SSSR count). The summed E-state index contributed by atoms with van der Waals surface area (Å²) in [5.41, 5.74) is 6.17. The predicted octanol–water partition coefficient (Wildman–Crippen LogP) is -1.78. The maximum Gasteiger partial charge on any atom is 0.446 e. The summed E-state index contributed by atoms with van der Waals surface area (Å²) in [5.74, 6) is -12.9. The molecule has 0 aliphatic carbocycles. The van der Waals surface area contributed by atoms with Gasteiger partial charge in [0.1, 0.15) is 66.0 Å². The van der Waals surface area contributed by atoms with Crippen molar-refractivity contribution in [2.45, 2.75) is 191 Å². The molecule has 3 aliphatic rings. The predicted molar refractivity (Wildman–Crippen MR) is 346 cm³/mol. The number of aromatic hydroxyl groups is 1. The van der Waals surface area contributed by atoms with Crippen LogP contribution in [0.25, 0.3) is 22.6 Å². The third-order valence-electron chi connectivity index (χ3n) is 16.9. The van der Waals surface area contributed by atoms with E-state index in [9.17, 15) is 97.3 Å². The molecule has 0 saturated carbocycles. The smallest absolute Gasteiger partial charge is 0.446 e. The van der Waals surface area contributed by atoms with Crippen LogP contribution in [0.3, 0.4) is 0 Å². The van der Waals surface area contributed by atoms with Crippen LogP contribution in [0.1, 0.15) is 116 Å². The summed E-state index contributed by atoms with van der Waals surface area (Å²) >= 11 is 0. The fourth-order valence-electron chi connectivity index (χ4n) is 11.7. The van der Waals surface area contributed by atoms with Gasteiger partial charge in [0.05, 0.1) is 37.4 Å². The lowest BCUT2D eigenvalue weighted by Crippen LogP contribution is -2.64. The highest BCUT2D eigenvalue weighted by Crippen LogP contribution is 2.34. The SMILES string of the molecule is CCCCCOc1ccc(-c2cc(-c3ccc(C(=O)N[C@H]4C[C@@H](O)[C@@H](O)NC(=O)[C@@H]5[C@@H](O)[C@@H](C)CN5C(=O)[C@H]([C@H](O)CC(N)=O)NC(=O)[C@H]([C@H](O)[C@@H](O)c5ccc(O)c(OS(=O)(=O)O)c5)NC(=O)[C@@H]5C[C@@H](O)CN5C(=O)[C@H]([C@@H](C)O)NC4=O)cc3)no2)cc1.CCN(C(C)C)C(C)C. The highest BCUT2D eigenvalue weighted by Gasteiger charge is 2.51. The Morgan fingerprint density at radius 3 is 1.95 bits per heavy atom. The molecule has 1 aromatic heterocycles. The summed E-state index contributed by atoms with van der Waals surface area (Å²) in [6.45, 7) is 16.1. The number of rotatable bonds is 21. The highest BCUT2D eigenvalue weighted by atomic mass is 32.3. The Morgan fingerprint density at radius 1 is 0.755 bits per heavy atom. The molecule has 17 N–H and O–H groups in total. The van der Waals surface area contributed by atoms with Crippen LogP contribution in [0.4, 0.5) is 0 Å². The minimum absolute atomic E-state index is 0.107. The van der Waals surface area contributed by atoms with Gasteiger partial charge in [-0.15, -0.1) is 0 Å². The van der Waals surface area contributed by atoms with E-state index in [0.29, 0.717) is 69.0 Å². The molecule has 4 aromatic rings. The largest absolute Gasteiger partial charge is 0.504 e. The summed E-state index contributed by atoms with van der Waals surface area (Å²) < 4.78 is 48.1. The van der Waals surface area contributed by atoms with Crippen molar-refractivity contribution >= 4 is 57.7 Å². The highest BCUT2D eigenvalue weighted by molar-refractivity contribution is 7.81. The van der Waals surface area contributed by atoms with Crippen LogP contribution in [0.5, 0.6) is 17.2 Å². The fourth-order valence-corrected chi connectivity index (χ4v) is 12.0. The number of carbonyl (C=O) groups is 8. The molecule has 3 aromatic carbocycles. The Bertz CT molecular complexity index is 3520. The quantitative estimate of drug-likeness (QED) is 0.0324. The second-order valence-corrected chi connectivity index (χ2v) is 26.0. The van der Waals surface area contributed by atoms with Crippen LogP contribution in [-0.2, 0) is 44.0 Å². The number of amides is 8. The van der Waals surface area contributed by atoms with Crippen molar-refractivity contribution in [1.29, 1.82) is 0 Å². The molecular formula is C64H90N10O23S. The van der Waals surface area contributed by atoms with Crippen molar-refractivity contribution in [2.75, 3.05) is 26.2 Å². The first-order valence-electron chi connectivity index (χ1n) is 32.0. The van der Waals surface area contributed by atoms with Crippen LogP contribution in [0.2, 0.25) is 0 Å². The fraction of sp³-hybridized carbons (Fsp3) is 0.547. The lowest BCUT2D eigenvalue weighted by Gasteiger charge is -2.34. The molecule has 15 atom stereocenters. The zero-order chi connectivity index (χ0) is 72.8. The summed E-state index contributed by atoms with van der Waals surface area (Å²) in [6.07, 6.45) is -17.3. The maximum absolute atomic E-state index is 14.7. The number of carbonyl (C=O) groups excluding carboxylic acids is 8. The van der Waals surface area contributed by atoms with Gasteiger partial charge in [-0.3, -0.25) is 47.8 Å². The van der Waals surface area contributed by atoms with Crippen molar-refractivity contribution < 1.29 is 111 Å². The number of aliphatic hydroxyl groups is 8. The van der Waals surface area contributed by atoms with Gasteiger partial charge in [-0.25, -0.2) is 0 Å². The van der Waals surface area contributed by atoms with E-state index in [2.05, 4.69) is 71.7 Å². The number of ether oxygens (including phenoxy) is 1. The number of benzene rings is 3. The number of hydrogen-bond donors (Lipinski definition) is 16. The van der Waals surface area contributed by atoms with E-state index < -0.39 is 198 Å². The maximum atomic E-state index is 14.7. The van der Waals surface area contributed by atoms with Gasteiger partial charge in [0, 0.05) is 66.7 Å². The Morgan fingerprint density at radius 2 is 1.37 bits per heavy atom. The number of nitrogens with one attached hydrogen (secondary N) is 5.